The highest BCUT2D eigenvalue weighted by Gasteiger charge is 2.24. The molecule has 0 amide bonds. The molecule has 0 saturated carbocycles. The second-order valence-corrected chi connectivity index (χ2v) is 7.99. The topological polar surface area (TPSA) is 112 Å². The second kappa shape index (κ2) is 9.82. The predicted molar refractivity (Wildman–Crippen MR) is 121 cm³/mol. The molecule has 4 N–H and O–H groups in total. The lowest BCUT2D eigenvalue weighted by molar-refractivity contribution is -0.142. The molecular weight excluding hydrogens is 396 g/mol. The summed E-state index contributed by atoms with van der Waals surface area (Å²) in [6.07, 6.45) is 5.52. The molecule has 0 radical (unpaired) electrons. The van der Waals surface area contributed by atoms with Gasteiger partial charge in [-0.2, -0.15) is 4.98 Å². The highest BCUT2D eigenvalue weighted by atomic mass is 16.5. The molecule has 4 rings (SSSR count). The first kappa shape index (κ1) is 21.2. The minimum Gasteiger partial charge on any atom is -0.481 e. The molecule has 9 heteroatoms. The standard InChI is InChI=1S/C22H30N6O3/c1-23-19-14-25-22(27-20(19)24-13-18-3-2-12-31-18)26-16-4-6-17(7-5-16)28-10-8-15(9-11-28)21(29)30/h4-7,14-15,18,23H,2-3,8-13H2,1H3,(H,29,30)(H2,24,25,26,27). The minimum atomic E-state index is -0.687. The molecule has 0 bridgehead atoms. The van der Waals surface area contributed by atoms with E-state index in [1.807, 2.05) is 31.3 Å². The summed E-state index contributed by atoms with van der Waals surface area (Å²) >= 11 is 0. The fourth-order valence-electron chi connectivity index (χ4n) is 4.04. The van der Waals surface area contributed by atoms with Gasteiger partial charge in [-0.1, -0.05) is 0 Å². The van der Waals surface area contributed by atoms with Crippen molar-refractivity contribution >= 4 is 34.8 Å². The van der Waals surface area contributed by atoms with Gasteiger partial charge in [-0.05, 0) is 49.9 Å². The number of carbonyl (C=O) groups is 1. The lowest BCUT2D eigenvalue weighted by Crippen LogP contribution is -2.36. The molecule has 2 aliphatic rings. The summed E-state index contributed by atoms with van der Waals surface area (Å²) < 4.78 is 5.68. The van der Waals surface area contributed by atoms with Crippen molar-refractivity contribution in [3.63, 3.8) is 0 Å². The van der Waals surface area contributed by atoms with Crippen molar-refractivity contribution in [2.75, 3.05) is 54.1 Å². The first-order valence-corrected chi connectivity index (χ1v) is 10.9. The van der Waals surface area contributed by atoms with Crippen LogP contribution in [0.5, 0.6) is 0 Å². The van der Waals surface area contributed by atoms with Crippen LogP contribution in [0.3, 0.4) is 0 Å². The molecule has 0 spiro atoms. The van der Waals surface area contributed by atoms with Crippen molar-refractivity contribution in [3.05, 3.63) is 30.5 Å². The number of nitrogens with zero attached hydrogens (tertiary/aromatic N) is 3. The van der Waals surface area contributed by atoms with E-state index in [1.54, 1.807) is 6.20 Å². The fourth-order valence-corrected chi connectivity index (χ4v) is 4.04. The summed E-state index contributed by atoms with van der Waals surface area (Å²) in [6.45, 7) is 3.07. The van der Waals surface area contributed by atoms with Gasteiger partial charge in [-0.3, -0.25) is 4.79 Å². The van der Waals surface area contributed by atoms with Crippen molar-refractivity contribution in [2.45, 2.75) is 31.8 Å². The largest absolute Gasteiger partial charge is 0.481 e. The van der Waals surface area contributed by atoms with Gasteiger partial charge in [0.2, 0.25) is 5.95 Å². The fraction of sp³-hybridized carbons (Fsp3) is 0.500. The summed E-state index contributed by atoms with van der Waals surface area (Å²) in [5.74, 6) is 0.350. The molecule has 1 atom stereocenters. The maximum atomic E-state index is 11.1. The number of hydrogen-bond donors (Lipinski definition) is 4. The summed E-state index contributed by atoms with van der Waals surface area (Å²) in [7, 11) is 1.85. The van der Waals surface area contributed by atoms with Gasteiger partial charge >= 0.3 is 5.97 Å². The van der Waals surface area contributed by atoms with Gasteiger partial charge in [-0.15, -0.1) is 0 Å². The first-order valence-electron chi connectivity index (χ1n) is 10.9. The molecule has 9 nitrogen and oxygen atoms in total. The molecule has 2 saturated heterocycles. The predicted octanol–water partition coefficient (Wildman–Crippen LogP) is 3.15. The van der Waals surface area contributed by atoms with E-state index in [-0.39, 0.29) is 12.0 Å². The van der Waals surface area contributed by atoms with Crippen LogP contribution in [0, 0.1) is 5.92 Å². The van der Waals surface area contributed by atoms with Crippen molar-refractivity contribution < 1.29 is 14.6 Å². The minimum absolute atomic E-state index is 0.224. The van der Waals surface area contributed by atoms with Crippen molar-refractivity contribution in [1.82, 2.24) is 9.97 Å². The molecule has 2 fully saturated rings. The number of aromatic nitrogens is 2. The van der Waals surface area contributed by atoms with Gasteiger partial charge in [0.1, 0.15) is 0 Å². The number of aliphatic carboxylic acids is 1. The van der Waals surface area contributed by atoms with Gasteiger partial charge < -0.3 is 30.7 Å². The van der Waals surface area contributed by atoms with E-state index in [0.29, 0.717) is 18.8 Å². The third kappa shape index (κ3) is 5.35. The Balaban J connectivity index is 1.37. The highest BCUT2D eigenvalue weighted by Crippen LogP contribution is 2.26. The van der Waals surface area contributed by atoms with Crippen LogP contribution in [0.15, 0.2) is 30.5 Å². The van der Waals surface area contributed by atoms with Crippen LogP contribution in [0.4, 0.5) is 28.8 Å². The average Bonchev–Trinajstić information content (AvgIpc) is 3.32. The number of anilines is 5. The Bertz CT molecular complexity index is 877. The van der Waals surface area contributed by atoms with Crippen LogP contribution in [0.25, 0.3) is 0 Å². The SMILES string of the molecule is CNc1cnc(Nc2ccc(N3CCC(C(=O)O)CC3)cc2)nc1NCC1CCCO1. The number of rotatable bonds is 8. The Morgan fingerprint density at radius 2 is 2.00 bits per heavy atom. The zero-order valence-electron chi connectivity index (χ0n) is 17.8. The number of carboxylic acid groups (broad SMARTS) is 1. The summed E-state index contributed by atoms with van der Waals surface area (Å²) in [5.41, 5.74) is 2.83. The molecule has 31 heavy (non-hydrogen) atoms. The molecular formula is C22H30N6O3. The zero-order chi connectivity index (χ0) is 21.6. The normalized spacial score (nSPS) is 19.3. The van der Waals surface area contributed by atoms with E-state index in [2.05, 4.69) is 30.8 Å². The Morgan fingerprint density at radius 3 is 2.65 bits per heavy atom. The zero-order valence-corrected chi connectivity index (χ0v) is 17.8. The Kier molecular flexibility index (Phi) is 6.71. The van der Waals surface area contributed by atoms with E-state index in [1.165, 1.54) is 0 Å². The van der Waals surface area contributed by atoms with E-state index in [9.17, 15) is 4.79 Å². The van der Waals surface area contributed by atoms with Crippen molar-refractivity contribution in [3.8, 4) is 0 Å². The number of carboxylic acids is 1. The van der Waals surface area contributed by atoms with Gasteiger partial charge in [0, 0.05) is 44.7 Å². The Hall–Kier alpha value is -3.07. The Labute approximate surface area is 182 Å². The number of nitrogens with one attached hydrogen (secondary N) is 3. The van der Waals surface area contributed by atoms with Crippen molar-refractivity contribution in [2.24, 2.45) is 5.92 Å². The van der Waals surface area contributed by atoms with Gasteiger partial charge in [0.25, 0.3) is 0 Å². The summed E-state index contributed by atoms with van der Waals surface area (Å²) in [6, 6.07) is 8.07. The Morgan fingerprint density at radius 1 is 1.23 bits per heavy atom. The third-order valence-electron chi connectivity index (χ3n) is 5.91. The van der Waals surface area contributed by atoms with E-state index >= 15 is 0 Å². The van der Waals surface area contributed by atoms with Gasteiger partial charge in [0.05, 0.1) is 23.9 Å². The molecule has 1 unspecified atom stereocenters. The van der Waals surface area contributed by atoms with E-state index in [0.717, 1.165) is 62.0 Å². The first-order chi connectivity index (χ1) is 15.1. The smallest absolute Gasteiger partial charge is 0.306 e. The molecule has 1 aromatic heterocycles. The highest BCUT2D eigenvalue weighted by molar-refractivity contribution is 5.70. The van der Waals surface area contributed by atoms with Crippen LogP contribution in [-0.2, 0) is 9.53 Å². The number of ether oxygens (including phenoxy) is 1. The van der Waals surface area contributed by atoms with Crippen LogP contribution in [0.1, 0.15) is 25.7 Å². The average molecular weight is 427 g/mol. The molecule has 166 valence electrons. The molecule has 2 aliphatic heterocycles. The van der Waals surface area contributed by atoms with Crippen LogP contribution in [0.2, 0.25) is 0 Å². The second-order valence-electron chi connectivity index (χ2n) is 7.99. The van der Waals surface area contributed by atoms with E-state index in [4.69, 9.17) is 9.84 Å². The number of hydrogen-bond acceptors (Lipinski definition) is 8. The quantitative estimate of drug-likeness (QED) is 0.506. The molecule has 2 aromatic rings. The maximum absolute atomic E-state index is 11.1. The number of benzene rings is 1. The summed E-state index contributed by atoms with van der Waals surface area (Å²) in [4.78, 5) is 22.4. The molecule has 1 aromatic carbocycles. The number of piperidine rings is 1. The lowest BCUT2D eigenvalue weighted by atomic mass is 9.97. The molecule has 0 aliphatic carbocycles. The van der Waals surface area contributed by atoms with Crippen LogP contribution in [-0.4, -0.2) is 60.4 Å². The van der Waals surface area contributed by atoms with Gasteiger partial charge in [-0.25, -0.2) is 4.98 Å². The summed E-state index contributed by atoms with van der Waals surface area (Å²) in [5, 5.41) is 18.9. The van der Waals surface area contributed by atoms with Crippen LogP contribution < -0.4 is 20.9 Å². The lowest BCUT2D eigenvalue weighted by Gasteiger charge is -2.32. The molecule has 3 heterocycles. The van der Waals surface area contributed by atoms with Crippen molar-refractivity contribution in [1.29, 1.82) is 0 Å². The third-order valence-corrected chi connectivity index (χ3v) is 5.91. The monoisotopic (exact) mass is 426 g/mol. The van der Waals surface area contributed by atoms with Crippen LogP contribution >= 0.6 is 0 Å². The van der Waals surface area contributed by atoms with E-state index < -0.39 is 5.97 Å². The van der Waals surface area contributed by atoms with Gasteiger partial charge in [0.15, 0.2) is 5.82 Å². The maximum Gasteiger partial charge on any atom is 0.306 e.